The Bertz CT molecular complexity index is 1900. The number of hydrogen-bond donors (Lipinski definition) is 5. The molecule has 0 aliphatic rings. The van der Waals surface area contributed by atoms with Crippen molar-refractivity contribution >= 4 is 65.5 Å². The maximum Gasteiger partial charge on any atom is 0.431 e. The zero-order valence-corrected chi connectivity index (χ0v) is 35.0. The van der Waals surface area contributed by atoms with E-state index in [2.05, 4.69) is 44.4 Å². The SMILES string of the molecule is CC(C)OC(=O)c1cc(-n2c(=O)cc(C(F)(F)F)n(C)c2=O)ccc1Cl.CCNc1nc(Cl)nc(NC(C)(C)C)n1.C[S+](C)C.O=C(O)CNCP(=O)([O-])O. The number of anilines is 2. The number of aliphatic carboxylic acids is 1. The quantitative estimate of drug-likeness (QED) is 0.111. The van der Waals surface area contributed by atoms with Crippen LogP contribution in [0.5, 0.6) is 0 Å². The third-order valence-corrected chi connectivity index (χ3v) is 6.52. The normalized spacial score (nSPS) is 12.2. The van der Waals surface area contributed by atoms with Crippen LogP contribution in [0.4, 0.5) is 25.1 Å². The van der Waals surface area contributed by atoms with Gasteiger partial charge in [-0.05, 0) is 82.2 Å². The molecule has 0 bridgehead atoms. The molecule has 24 heteroatoms. The topological polar surface area (TPSA) is 243 Å². The molecule has 2 aromatic heterocycles. The molecule has 5 N–H and O–H groups in total. The molecule has 0 spiro atoms. The number of carboxylic acids is 1. The van der Waals surface area contributed by atoms with Crippen LogP contribution in [0.1, 0.15) is 57.6 Å². The monoisotopic (exact) mass is 864 g/mol. The molecule has 0 amide bonds. The predicted molar refractivity (Wildman–Crippen MR) is 206 cm³/mol. The molecule has 0 aliphatic heterocycles. The molecule has 0 saturated carbocycles. The summed E-state index contributed by atoms with van der Waals surface area (Å²) in [6, 6.07) is 3.91. The highest BCUT2D eigenvalue weighted by Gasteiger charge is 2.35. The van der Waals surface area contributed by atoms with E-state index in [0.717, 1.165) is 19.7 Å². The average Bonchev–Trinajstić information content (AvgIpc) is 2.97. The minimum Gasteiger partial charge on any atom is -0.778 e. The van der Waals surface area contributed by atoms with Crippen LogP contribution < -0.4 is 32.1 Å². The summed E-state index contributed by atoms with van der Waals surface area (Å²) in [7, 11) is -2.81. The van der Waals surface area contributed by atoms with Gasteiger partial charge in [0.25, 0.3) is 5.56 Å². The Labute approximate surface area is 328 Å². The van der Waals surface area contributed by atoms with Crippen LogP contribution in [0.3, 0.4) is 0 Å². The summed E-state index contributed by atoms with van der Waals surface area (Å²) in [5.74, 6) is -0.986. The number of alkyl halides is 3. The number of carbonyl (C=O) groups is 2. The second-order valence-electron chi connectivity index (χ2n) is 12.7. The summed E-state index contributed by atoms with van der Waals surface area (Å²) >= 11 is 11.7. The van der Waals surface area contributed by atoms with Gasteiger partial charge in [-0.25, -0.2) is 14.2 Å². The zero-order chi connectivity index (χ0) is 43.1. The highest BCUT2D eigenvalue weighted by atomic mass is 35.5. The molecule has 2 heterocycles. The lowest BCUT2D eigenvalue weighted by atomic mass is 10.1. The number of carbonyl (C=O) groups excluding carboxylic acids is 1. The highest BCUT2D eigenvalue weighted by Crippen LogP contribution is 2.27. The van der Waals surface area contributed by atoms with Crippen molar-refractivity contribution in [2.45, 2.75) is 59.4 Å². The van der Waals surface area contributed by atoms with Crippen LogP contribution in [-0.2, 0) is 38.2 Å². The summed E-state index contributed by atoms with van der Waals surface area (Å²) in [6.07, 6.45) is 0.571. The molecule has 0 saturated heterocycles. The van der Waals surface area contributed by atoms with E-state index in [9.17, 15) is 41.8 Å². The Morgan fingerprint density at radius 1 is 1.05 bits per heavy atom. The molecule has 3 rings (SSSR count). The van der Waals surface area contributed by atoms with Gasteiger partial charge in [0.2, 0.25) is 17.2 Å². The van der Waals surface area contributed by atoms with E-state index in [4.69, 9.17) is 37.9 Å². The Balaban J connectivity index is 0.000000845. The lowest BCUT2D eigenvalue weighted by Crippen LogP contribution is -2.40. The van der Waals surface area contributed by atoms with Crippen LogP contribution in [0, 0.1) is 0 Å². The van der Waals surface area contributed by atoms with Crippen molar-refractivity contribution in [1.82, 2.24) is 29.4 Å². The Kier molecular flexibility index (Phi) is 21.2. The number of halogens is 5. The number of rotatable bonds is 10. The Morgan fingerprint density at radius 3 is 2.05 bits per heavy atom. The number of nitrogens with one attached hydrogen (secondary N) is 3. The Morgan fingerprint density at radius 2 is 1.60 bits per heavy atom. The van der Waals surface area contributed by atoms with Crippen molar-refractivity contribution in [3.8, 4) is 5.69 Å². The number of nitrogens with zero attached hydrogens (tertiary/aromatic N) is 5. The van der Waals surface area contributed by atoms with Gasteiger partial charge in [0.1, 0.15) is 13.3 Å². The molecule has 55 heavy (non-hydrogen) atoms. The fraction of sp³-hybridized carbons (Fsp3) is 0.516. The fourth-order valence-corrected chi connectivity index (χ4v) is 4.25. The molecule has 17 nitrogen and oxygen atoms in total. The molecule has 1 aromatic carbocycles. The fourth-order valence-electron chi connectivity index (χ4n) is 3.50. The third-order valence-electron chi connectivity index (χ3n) is 5.40. The number of benzene rings is 1. The van der Waals surface area contributed by atoms with E-state index in [1.54, 1.807) is 13.8 Å². The van der Waals surface area contributed by atoms with Crippen LogP contribution in [0.25, 0.3) is 5.69 Å². The lowest BCUT2D eigenvalue weighted by molar-refractivity contribution is -0.193. The molecule has 3 aromatic rings. The van der Waals surface area contributed by atoms with Crippen molar-refractivity contribution in [1.29, 1.82) is 0 Å². The maximum absolute atomic E-state index is 12.9. The number of hydrogen-bond acceptors (Lipinski definition) is 13. The largest absolute Gasteiger partial charge is 0.778 e. The summed E-state index contributed by atoms with van der Waals surface area (Å²) in [4.78, 5) is 76.3. The van der Waals surface area contributed by atoms with Gasteiger partial charge in [-0.15, -0.1) is 0 Å². The van der Waals surface area contributed by atoms with E-state index < -0.39 is 61.6 Å². The average molecular weight is 866 g/mol. The first kappa shape index (κ1) is 51.3. The van der Waals surface area contributed by atoms with Crippen molar-refractivity contribution < 1.29 is 47.0 Å². The molecular weight excluding hydrogens is 819 g/mol. The standard InChI is InChI=1S/C16H14ClF3N2O4.C9H16ClN5.C3H8NO5P.C3H9S/c1-8(2)26-14(24)10-6-9(4-5-11(10)17)22-13(23)7-12(16(18,19)20)21(3)15(22)25;1-5-11-7-12-6(10)13-8(14-7)15-9(2,3)4;5-3(6)1-4-2-10(7,8)9;1-4(2)3/h4-8H,1-3H3;5H2,1-4H3,(H2,11,12,13,14,15);4H,1-2H2,(H,5,6)(H2,7,8,9);1-3H3/q;;;+1/p-1. The molecule has 1 unspecified atom stereocenters. The smallest absolute Gasteiger partial charge is 0.431 e. The first-order chi connectivity index (χ1) is 25.0. The molecular formula is C31H46Cl2F3N8O9PS. The van der Waals surface area contributed by atoms with Gasteiger partial charge in [-0.1, -0.05) is 11.6 Å². The van der Waals surface area contributed by atoms with Gasteiger partial charge in [-0.2, -0.15) is 28.1 Å². The maximum atomic E-state index is 12.9. The summed E-state index contributed by atoms with van der Waals surface area (Å²) in [5, 5.41) is 16.3. The van der Waals surface area contributed by atoms with Crippen molar-refractivity contribution in [3.63, 3.8) is 0 Å². The van der Waals surface area contributed by atoms with E-state index in [1.807, 2.05) is 33.0 Å². The molecule has 0 fully saturated rings. The van der Waals surface area contributed by atoms with Crippen molar-refractivity contribution in [2.75, 3.05) is 48.8 Å². The van der Waals surface area contributed by atoms with Crippen LogP contribution in [0.2, 0.25) is 10.3 Å². The number of carboxylic acid groups (broad SMARTS) is 1. The van der Waals surface area contributed by atoms with E-state index in [-0.39, 0.29) is 27.1 Å². The van der Waals surface area contributed by atoms with Gasteiger partial charge in [0.15, 0.2) is 0 Å². The Hall–Kier alpha value is -3.72. The van der Waals surface area contributed by atoms with E-state index in [0.29, 0.717) is 38.0 Å². The van der Waals surface area contributed by atoms with Crippen LogP contribution in [0.15, 0.2) is 33.9 Å². The van der Waals surface area contributed by atoms with Gasteiger partial charge >= 0.3 is 23.8 Å². The molecule has 0 radical (unpaired) electrons. The minimum absolute atomic E-state index is 0.0104. The minimum atomic E-state index is -4.86. The molecule has 0 aliphatic carbocycles. The van der Waals surface area contributed by atoms with Gasteiger partial charge < -0.3 is 34.8 Å². The highest BCUT2D eigenvalue weighted by molar-refractivity contribution is 7.94. The second kappa shape index (κ2) is 22.7. The number of esters is 1. The van der Waals surface area contributed by atoms with Gasteiger partial charge in [-0.3, -0.25) is 19.5 Å². The van der Waals surface area contributed by atoms with Crippen molar-refractivity contribution in [2.24, 2.45) is 7.05 Å². The van der Waals surface area contributed by atoms with Crippen LogP contribution in [-0.4, -0.2) is 95.8 Å². The van der Waals surface area contributed by atoms with Gasteiger partial charge in [0, 0.05) is 25.2 Å². The summed E-state index contributed by atoms with van der Waals surface area (Å²) in [5.41, 5.74) is -4.11. The second-order valence-corrected chi connectivity index (χ2v) is 17.4. The zero-order valence-electron chi connectivity index (χ0n) is 31.7. The number of aromatic nitrogens is 5. The van der Waals surface area contributed by atoms with Gasteiger partial charge in [0.05, 0.1) is 54.0 Å². The van der Waals surface area contributed by atoms with E-state index >= 15 is 0 Å². The molecule has 1 atom stereocenters. The lowest BCUT2D eigenvalue weighted by Gasteiger charge is -2.20. The third kappa shape index (κ3) is 21.2. The summed E-state index contributed by atoms with van der Waals surface area (Å²) in [6.45, 7) is 11.5. The van der Waals surface area contributed by atoms with Crippen molar-refractivity contribution in [3.05, 3.63) is 66.7 Å². The molecule has 310 valence electrons. The number of ether oxygens (including phenoxy) is 1. The van der Waals surface area contributed by atoms with Crippen LogP contribution >= 0.6 is 30.8 Å². The first-order valence-corrected chi connectivity index (χ1v) is 20.7. The predicted octanol–water partition coefficient (Wildman–Crippen LogP) is 3.60. The van der Waals surface area contributed by atoms with E-state index in [1.165, 1.54) is 12.1 Å². The summed E-state index contributed by atoms with van der Waals surface area (Å²) < 4.78 is 54.5. The first-order valence-electron chi connectivity index (χ1n) is 15.8.